The zero-order chi connectivity index (χ0) is 18.5. The highest BCUT2D eigenvalue weighted by molar-refractivity contribution is 5.51. The lowest BCUT2D eigenvalue weighted by Crippen LogP contribution is -2.29. The van der Waals surface area contributed by atoms with E-state index in [1.54, 1.807) is 31.4 Å². The van der Waals surface area contributed by atoms with Gasteiger partial charge in [0.15, 0.2) is 0 Å². The molecule has 1 heterocycles. The Kier molecular flexibility index (Phi) is 5.33. The molecule has 7 nitrogen and oxygen atoms in total. The fraction of sp³-hybridized carbons (Fsp3) is 0.222. The highest BCUT2D eigenvalue weighted by Crippen LogP contribution is 2.18. The Morgan fingerprint density at radius 2 is 1.81 bits per heavy atom. The summed E-state index contributed by atoms with van der Waals surface area (Å²) in [6, 6.07) is 12.3. The van der Waals surface area contributed by atoms with E-state index in [-0.39, 0.29) is 19.0 Å². The van der Waals surface area contributed by atoms with Crippen molar-refractivity contribution in [3.05, 3.63) is 64.9 Å². The second-order valence-electron chi connectivity index (χ2n) is 5.50. The van der Waals surface area contributed by atoms with E-state index in [0.29, 0.717) is 17.1 Å². The van der Waals surface area contributed by atoms with Crippen LogP contribution in [0.1, 0.15) is 0 Å². The summed E-state index contributed by atoms with van der Waals surface area (Å²) in [5.74, 6) is 0.192. The van der Waals surface area contributed by atoms with E-state index < -0.39 is 17.7 Å². The first-order chi connectivity index (χ1) is 12.5. The van der Waals surface area contributed by atoms with Gasteiger partial charge < -0.3 is 19.0 Å². The second kappa shape index (κ2) is 7.83. The third-order valence-electron chi connectivity index (χ3n) is 3.58. The lowest BCUT2D eigenvalue weighted by atomic mass is 10.2. The Balaban J connectivity index is 1.61. The van der Waals surface area contributed by atoms with Crippen molar-refractivity contribution in [1.82, 2.24) is 9.78 Å². The van der Waals surface area contributed by atoms with Crippen LogP contribution in [0.15, 0.2) is 57.7 Å². The molecule has 1 atom stereocenters. The maximum Gasteiger partial charge on any atom is 0.437 e. The van der Waals surface area contributed by atoms with E-state index in [9.17, 15) is 14.3 Å². The zero-order valence-electron chi connectivity index (χ0n) is 14.0. The number of halogens is 1. The van der Waals surface area contributed by atoms with Crippen molar-refractivity contribution in [3.8, 4) is 23.0 Å². The van der Waals surface area contributed by atoms with Crippen LogP contribution in [0.4, 0.5) is 4.39 Å². The Bertz CT molecular complexity index is 903. The summed E-state index contributed by atoms with van der Waals surface area (Å²) in [6.45, 7) is -0.128. The van der Waals surface area contributed by atoms with Gasteiger partial charge in [0.05, 0.1) is 13.7 Å². The first kappa shape index (κ1) is 17.7. The van der Waals surface area contributed by atoms with Gasteiger partial charge in [0.2, 0.25) is 5.89 Å². The number of rotatable bonds is 7. The molecule has 136 valence electrons. The normalized spacial score (nSPS) is 12.0. The molecule has 0 aliphatic rings. The van der Waals surface area contributed by atoms with Crippen molar-refractivity contribution in [2.24, 2.45) is 0 Å². The number of aliphatic hydroxyl groups excluding tert-OH is 1. The lowest BCUT2D eigenvalue weighted by molar-refractivity contribution is 0.0875. The van der Waals surface area contributed by atoms with Gasteiger partial charge in [-0.1, -0.05) is 0 Å². The van der Waals surface area contributed by atoms with Gasteiger partial charge in [-0.3, -0.25) is 0 Å². The molecule has 2 aromatic carbocycles. The average molecular weight is 360 g/mol. The SMILES string of the molecule is COc1ccc(OCC(O)Cn2nc(-c3ccc(F)cc3)oc2=O)cc1. The number of hydrogen-bond donors (Lipinski definition) is 1. The van der Waals surface area contributed by atoms with Crippen molar-refractivity contribution in [2.75, 3.05) is 13.7 Å². The Labute approximate surface area is 148 Å². The molecule has 0 saturated carbocycles. The highest BCUT2D eigenvalue weighted by atomic mass is 19.1. The molecule has 0 amide bonds. The van der Waals surface area contributed by atoms with Crippen molar-refractivity contribution < 1.29 is 23.4 Å². The van der Waals surface area contributed by atoms with Crippen LogP contribution in [-0.4, -0.2) is 34.7 Å². The Hall–Kier alpha value is -3.13. The van der Waals surface area contributed by atoms with Gasteiger partial charge in [-0.15, -0.1) is 5.10 Å². The van der Waals surface area contributed by atoms with E-state index in [0.717, 1.165) is 4.68 Å². The van der Waals surface area contributed by atoms with Crippen LogP contribution in [0.5, 0.6) is 11.5 Å². The lowest BCUT2D eigenvalue weighted by Gasteiger charge is -2.11. The van der Waals surface area contributed by atoms with Gasteiger partial charge in [-0.05, 0) is 48.5 Å². The van der Waals surface area contributed by atoms with Crippen LogP contribution in [0.2, 0.25) is 0 Å². The van der Waals surface area contributed by atoms with Crippen LogP contribution in [-0.2, 0) is 6.54 Å². The minimum atomic E-state index is -0.971. The van der Waals surface area contributed by atoms with Gasteiger partial charge >= 0.3 is 5.76 Å². The predicted molar refractivity (Wildman–Crippen MR) is 90.7 cm³/mol. The van der Waals surface area contributed by atoms with E-state index in [1.807, 2.05) is 0 Å². The molecule has 0 spiro atoms. The van der Waals surface area contributed by atoms with Crippen molar-refractivity contribution in [3.63, 3.8) is 0 Å². The molecule has 0 fully saturated rings. The maximum absolute atomic E-state index is 13.0. The first-order valence-electron chi connectivity index (χ1n) is 7.84. The van der Waals surface area contributed by atoms with Gasteiger partial charge in [-0.2, -0.15) is 4.68 Å². The zero-order valence-corrected chi connectivity index (χ0v) is 14.0. The van der Waals surface area contributed by atoms with E-state index in [4.69, 9.17) is 13.9 Å². The number of nitrogens with zero attached hydrogens (tertiary/aromatic N) is 2. The molecule has 0 bridgehead atoms. The number of methoxy groups -OCH3 is 1. The molecule has 0 radical (unpaired) electrons. The molecule has 0 aliphatic heterocycles. The first-order valence-corrected chi connectivity index (χ1v) is 7.84. The monoisotopic (exact) mass is 360 g/mol. The number of benzene rings is 2. The molecular weight excluding hydrogens is 343 g/mol. The van der Waals surface area contributed by atoms with E-state index in [1.165, 1.54) is 24.3 Å². The fourth-order valence-electron chi connectivity index (χ4n) is 2.25. The standard InChI is InChI=1S/C18H17FN2O5/c1-24-15-6-8-16(9-7-15)25-11-14(22)10-21-18(23)26-17(20-21)12-2-4-13(19)5-3-12/h2-9,14,22H,10-11H2,1H3. The molecule has 3 rings (SSSR count). The molecule has 0 saturated heterocycles. The van der Waals surface area contributed by atoms with Crippen LogP contribution >= 0.6 is 0 Å². The van der Waals surface area contributed by atoms with Crippen molar-refractivity contribution in [1.29, 1.82) is 0 Å². The summed E-state index contributed by atoms with van der Waals surface area (Å²) in [6.07, 6.45) is -0.971. The molecular formula is C18H17FN2O5. The second-order valence-corrected chi connectivity index (χ2v) is 5.50. The maximum atomic E-state index is 13.0. The summed E-state index contributed by atoms with van der Waals surface area (Å²) in [4.78, 5) is 11.9. The minimum absolute atomic E-state index is 0.0302. The summed E-state index contributed by atoms with van der Waals surface area (Å²) in [5, 5.41) is 14.1. The number of aromatic nitrogens is 2. The van der Waals surface area contributed by atoms with E-state index >= 15 is 0 Å². The van der Waals surface area contributed by atoms with Gasteiger partial charge in [0, 0.05) is 5.56 Å². The van der Waals surface area contributed by atoms with E-state index in [2.05, 4.69) is 5.10 Å². The summed E-state index contributed by atoms with van der Waals surface area (Å²) in [5.41, 5.74) is 0.464. The third kappa shape index (κ3) is 4.28. The molecule has 26 heavy (non-hydrogen) atoms. The third-order valence-corrected chi connectivity index (χ3v) is 3.58. The smallest absolute Gasteiger partial charge is 0.437 e. The van der Waals surface area contributed by atoms with Crippen molar-refractivity contribution in [2.45, 2.75) is 12.6 Å². The van der Waals surface area contributed by atoms with Crippen LogP contribution in [0, 0.1) is 5.82 Å². The Morgan fingerprint density at radius 3 is 2.46 bits per heavy atom. The number of ether oxygens (including phenoxy) is 2. The van der Waals surface area contributed by atoms with Gasteiger partial charge in [0.1, 0.15) is 30.0 Å². The fourth-order valence-corrected chi connectivity index (χ4v) is 2.25. The molecule has 0 aliphatic carbocycles. The predicted octanol–water partition coefficient (Wildman–Crippen LogP) is 2.09. The molecule has 1 N–H and O–H groups in total. The summed E-state index contributed by atoms with van der Waals surface area (Å²) >= 11 is 0. The van der Waals surface area contributed by atoms with Crippen LogP contribution in [0.3, 0.4) is 0 Å². The number of aliphatic hydroxyl groups is 1. The average Bonchev–Trinajstić information content (AvgIpc) is 3.01. The highest BCUT2D eigenvalue weighted by Gasteiger charge is 2.14. The molecule has 3 aromatic rings. The van der Waals surface area contributed by atoms with Crippen LogP contribution in [0.25, 0.3) is 11.5 Å². The number of hydrogen-bond acceptors (Lipinski definition) is 6. The molecule has 1 unspecified atom stereocenters. The molecule has 8 heteroatoms. The van der Waals surface area contributed by atoms with Gasteiger partial charge in [-0.25, -0.2) is 9.18 Å². The molecule has 1 aromatic heterocycles. The summed E-state index contributed by atoms with van der Waals surface area (Å²) < 4.78 is 29.5. The van der Waals surface area contributed by atoms with Crippen molar-refractivity contribution >= 4 is 0 Å². The quantitative estimate of drug-likeness (QED) is 0.694. The topological polar surface area (TPSA) is 86.7 Å². The Morgan fingerprint density at radius 1 is 1.15 bits per heavy atom. The van der Waals surface area contributed by atoms with Gasteiger partial charge in [0.25, 0.3) is 0 Å². The largest absolute Gasteiger partial charge is 0.497 e. The minimum Gasteiger partial charge on any atom is -0.497 e. The van der Waals surface area contributed by atoms with Crippen LogP contribution < -0.4 is 15.2 Å². The summed E-state index contributed by atoms with van der Waals surface area (Å²) in [7, 11) is 1.56.